The minimum atomic E-state index is -0.503. The Labute approximate surface area is 161 Å². The number of anilines is 1. The molecule has 0 saturated carbocycles. The van der Waals surface area contributed by atoms with Crippen molar-refractivity contribution in [2.75, 3.05) is 25.1 Å². The van der Waals surface area contributed by atoms with E-state index in [1.165, 1.54) is 0 Å². The molecule has 0 spiro atoms. The second-order valence-corrected chi connectivity index (χ2v) is 6.75. The van der Waals surface area contributed by atoms with E-state index in [1.54, 1.807) is 43.3 Å². The van der Waals surface area contributed by atoms with Gasteiger partial charge in [0.1, 0.15) is 13.2 Å². The number of hydrogen-bond donors (Lipinski definition) is 1. The van der Waals surface area contributed by atoms with Crippen molar-refractivity contribution in [3.63, 3.8) is 0 Å². The monoisotopic (exact) mass is 381 g/mol. The number of ether oxygens (including phenoxy) is 3. The Bertz CT molecular complexity index is 967. The first-order valence-electron chi connectivity index (χ1n) is 9.03. The van der Waals surface area contributed by atoms with Gasteiger partial charge in [0.15, 0.2) is 23.9 Å². The van der Waals surface area contributed by atoms with Gasteiger partial charge in [-0.25, -0.2) is 0 Å². The number of hydrogen-bond acceptors (Lipinski definition) is 6. The fourth-order valence-corrected chi connectivity index (χ4v) is 3.24. The van der Waals surface area contributed by atoms with Gasteiger partial charge in [-0.2, -0.15) is 0 Å². The van der Waals surface area contributed by atoms with Gasteiger partial charge in [-0.3, -0.25) is 14.4 Å². The first-order chi connectivity index (χ1) is 13.5. The second-order valence-electron chi connectivity index (χ2n) is 6.75. The summed E-state index contributed by atoms with van der Waals surface area (Å²) >= 11 is 0. The lowest BCUT2D eigenvalue weighted by Gasteiger charge is -2.18. The molecular formula is C21H19NO6. The van der Waals surface area contributed by atoms with Gasteiger partial charge in [-0.1, -0.05) is 6.07 Å². The Kier molecular flexibility index (Phi) is 4.73. The molecule has 2 aromatic rings. The first-order valence-corrected chi connectivity index (χ1v) is 9.03. The number of nitrogens with one attached hydrogen (secondary N) is 1. The van der Waals surface area contributed by atoms with Crippen LogP contribution in [0.1, 0.15) is 34.3 Å². The summed E-state index contributed by atoms with van der Waals surface area (Å²) in [7, 11) is 0. The van der Waals surface area contributed by atoms with Crippen LogP contribution < -0.4 is 14.8 Å². The highest BCUT2D eigenvalue weighted by molar-refractivity contribution is 6.05. The van der Waals surface area contributed by atoms with Gasteiger partial charge in [0.2, 0.25) is 5.91 Å². The van der Waals surface area contributed by atoms with Crippen molar-refractivity contribution in [2.45, 2.75) is 19.3 Å². The molecule has 0 fully saturated rings. The van der Waals surface area contributed by atoms with Crippen molar-refractivity contribution < 1.29 is 28.6 Å². The van der Waals surface area contributed by atoms with E-state index in [0.29, 0.717) is 36.0 Å². The summed E-state index contributed by atoms with van der Waals surface area (Å²) in [6.07, 6.45) is 0.0313. The van der Waals surface area contributed by atoms with Crippen LogP contribution in [0.25, 0.3) is 0 Å². The highest BCUT2D eigenvalue weighted by atomic mass is 16.6. The molecular weight excluding hydrogens is 362 g/mol. The normalized spacial score (nSPS) is 16.9. The SMILES string of the molecule is C[C@H]1C(=O)Nc2ccc(C(=O)COC(=O)Cc3ccc4c(c3)OCCO4)cc21. The van der Waals surface area contributed by atoms with Crippen molar-refractivity contribution in [2.24, 2.45) is 0 Å². The van der Waals surface area contributed by atoms with Crippen molar-refractivity contribution in [3.8, 4) is 11.5 Å². The average molecular weight is 381 g/mol. The summed E-state index contributed by atoms with van der Waals surface area (Å²) in [6, 6.07) is 10.2. The maximum atomic E-state index is 12.4. The van der Waals surface area contributed by atoms with Gasteiger partial charge >= 0.3 is 5.97 Å². The van der Waals surface area contributed by atoms with E-state index in [-0.39, 0.29) is 30.6 Å². The predicted molar refractivity (Wildman–Crippen MR) is 99.9 cm³/mol. The molecule has 2 aromatic carbocycles. The number of Topliss-reactive ketones (excluding diaryl/α,β-unsaturated/α-hetero) is 1. The third-order valence-electron chi connectivity index (χ3n) is 4.81. The van der Waals surface area contributed by atoms with Gasteiger partial charge < -0.3 is 19.5 Å². The Balaban J connectivity index is 1.35. The molecule has 1 amide bonds. The zero-order chi connectivity index (χ0) is 19.7. The van der Waals surface area contributed by atoms with Crippen LogP contribution in [0.4, 0.5) is 5.69 Å². The van der Waals surface area contributed by atoms with E-state index < -0.39 is 5.97 Å². The Morgan fingerprint density at radius 3 is 2.71 bits per heavy atom. The third-order valence-corrected chi connectivity index (χ3v) is 4.81. The molecule has 28 heavy (non-hydrogen) atoms. The summed E-state index contributed by atoms with van der Waals surface area (Å²) in [5.74, 6) is 0.0348. The molecule has 1 N–H and O–H groups in total. The summed E-state index contributed by atoms with van der Waals surface area (Å²) in [4.78, 5) is 36.2. The molecule has 1 atom stereocenters. The van der Waals surface area contributed by atoms with Crippen LogP contribution in [0.2, 0.25) is 0 Å². The van der Waals surface area contributed by atoms with Crippen LogP contribution in [0.3, 0.4) is 0 Å². The number of esters is 1. The summed E-state index contributed by atoms with van der Waals surface area (Å²) in [5, 5.41) is 2.76. The van der Waals surface area contributed by atoms with Gasteiger partial charge in [-0.05, 0) is 48.4 Å². The van der Waals surface area contributed by atoms with Crippen molar-refractivity contribution >= 4 is 23.3 Å². The highest BCUT2D eigenvalue weighted by Gasteiger charge is 2.27. The van der Waals surface area contributed by atoms with Crippen molar-refractivity contribution in [3.05, 3.63) is 53.1 Å². The molecule has 0 bridgehead atoms. The van der Waals surface area contributed by atoms with Crippen LogP contribution in [-0.2, 0) is 20.7 Å². The molecule has 0 radical (unpaired) electrons. The van der Waals surface area contributed by atoms with Crippen molar-refractivity contribution in [1.82, 2.24) is 0 Å². The molecule has 2 heterocycles. The Morgan fingerprint density at radius 1 is 1.11 bits per heavy atom. The molecule has 0 aliphatic carbocycles. The molecule has 2 aliphatic heterocycles. The first kappa shape index (κ1) is 18.0. The Morgan fingerprint density at radius 2 is 1.89 bits per heavy atom. The fourth-order valence-electron chi connectivity index (χ4n) is 3.24. The number of benzene rings is 2. The largest absolute Gasteiger partial charge is 0.486 e. The number of rotatable bonds is 5. The maximum absolute atomic E-state index is 12.4. The molecule has 0 aromatic heterocycles. The zero-order valence-corrected chi connectivity index (χ0v) is 15.3. The van der Waals surface area contributed by atoms with Crippen LogP contribution in [0.5, 0.6) is 11.5 Å². The van der Waals surface area contributed by atoms with E-state index in [9.17, 15) is 14.4 Å². The number of carbonyl (C=O) groups is 3. The lowest BCUT2D eigenvalue weighted by molar-refractivity contribution is -0.141. The van der Waals surface area contributed by atoms with Crippen LogP contribution in [-0.4, -0.2) is 37.5 Å². The molecule has 0 saturated heterocycles. The second kappa shape index (κ2) is 7.34. The minimum absolute atomic E-state index is 0.0313. The van der Waals surface area contributed by atoms with Crippen LogP contribution in [0, 0.1) is 0 Å². The maximum Gasteiger partial charge on any atom is 0.310 e. The summed E-state index contributed by atoms with van der Waals surface area (Å²) < 4.78 is 16.1. The van der Waals surface area contributed by atoms with Crippen LogP contribution in [0.15, 0.2) is 36.4 Å². The van der Waals surface area contributed by atoms with E-state index in [4.69, 9.17) is 14.2 Å². The quantitative estimate of drug-likeness (QED) is 0.632. The average Bonchev–Trinajstić information content (AvgIpc) is 2.99. The Hall–Kier alpha value is -3.35. The smallest absolute Gasteiger partial charge is 0.310 e. The third kappa shape index (κ3) is 3.55. The van der Waals surface area contributed by atoms with Crippen LogP contribution >= 0.6 is 0 Å². The number of amides is 1. The summed E-state index contributed by atoms with van der Waals surface area (Å²) in [6.45, 7) is 2.40. The van der Waals surface area contributed by atoms with E-state index >= 15 is 0 Å². The number of carbonyl (C=O) groups excluding carboxylic acids is 3. The van der Waals surface area contributed by atoms with Gasteiger partial charge in [0.05, 0.1) is 12.3 Å². The molecule has 7 nitrogen and oxygen atoms in total. The lowest BCUT2D eigenvalue weighted by atomic mass is 9.99. The molecule has 7 heteroatoms. The minimum Gasteiger partial charge on any atom is -0.486 e. The molecule has 144 valence electrons. The topological polar surface area (TPSA) is 90.9 Å². The van der Waals surface area contributed by atoms with E-state index in [1.807, 2.05) is 0 Å². The van der Waals surface area contributed by atoms with Gasteiger partial charge in [0, 0.05) is 11.3 Å². The van der Waals surface area contributed by atoms with Crippen molar-refractivity contribution in [1.29, 1.82) is 0 Å². The number of ketones is 1. The standard InChI is InChI=1S/C21H19NO6/c1-12-15-10-14(3-4-16(15)22-21(12)25)17(23)11-28-20(24)9-13-2-5-18-19(8-13)27-7-6-26-18/h2-5,8,10,12H,6-7,9,11H2,1H3,(H,22,25)/t12-/m1/s1. The van der Waals surface area contributed by atoms with Gasteiger partial charge in [-0.15, -0.1) is 0 Å². The molecule has 0 unspecified atom stereocenters. The molecule has 4 rings (SSSR count). The zero-order valence-electron chi connectivity index (χ0n) is 15.3. The van der Waals surface area contributed by atoms with E-state index in [0.717, 1.165) is 11.1 Å². The lowest BCUT2D eigenvalue weighted by Crippen LogP contribution is -2.17. The highest BCUT2D eigenvalue weighted by Crippen LogP contribution is 2.33. The predicted octanol–water partition coefficient (Wildman–Crippen LogP) is 2.48. The molecule has 2 aliphatic rings. The summed E-state index contributed by atoms with van der Waals surface area (Å²) in [5.41, 5.74) is 2.62. The van der Waals surface area contributed by atoms with Gasteiger partial charge in [0.25, 0.3) is 0 Å². The fraction of sp³-hybridized carbons (Fsp3) is 0.286. The van der Waals surface area contributed by atoms with E-state index in [2.05, 4.69) is 5.32 Å². The number of fused-ring (bicyclic) bond motifs is 2.